The van der Waals surface area contributed by atoms with Gasteiger partial charge in [0.2, 0.25) is 0 Å². The Hall–Kier alpha value is -0.780. The van der Waals surface area contributed by atoms with Crippen molar-refractivity contribution in [2.75, 3.05) is 13.1 Å². The van der Waals surface area contributed by atoms with Gasteiger partial charge in [-0.25, -0.2) is 4.79 Å². The average Bonchev–Trinajstić information content (AvgIpc) is 3.04. The molecule has 2 unspecified atom stereocenters. The predicted octanol–water partition coefficient (Wildman–Crippen LogP) is 2.83. The number of nitrogens with one attached hydrogen (secondary N) is 2. The Balaban J connectivity index is 1.46. The minimum Gasteiger partial charge on any atom is -0.334 e. The molecule has 2 atom stereocenters. The fourth-order valence-electron chi connectivity index (χ4n) is 3.25. The van der Waals surface area contributed by atoms with Gasteiger partial charge in [-0.15, -0.1) is 11.3 Å². The first-order valence-corrected chi connectivity index (χ1v) is 8.44. The van der Waals surface area contributed by atoms with Crippen molar-refractivity contribution in [3.05, 3.63) is 21.3 Å². The van der Waals surface area contributed by atoms with Gasteiger partial charge in [0, 0.05) is 23.5 Å². The van der Waals surface area contributed by atoms with Crippen LogP contribution in [-0.4, -0.2) is 36.1 Å². The van der Waals surface area contributed by atoms with E-state index < -0.39 is 0 Å². The molecule has 4 nitrogen and oxygen atoms in total. The minimum absolute atomic E-state index is 0.0630. The summed E-state index contributed by atoms with van der Waals surface area (Å²) in [6, 6.07) is 4.60. The molecule has 0 saturated carbocycles. The molecule has 0 aliphatic carbocycles. The van der Waals surface area contributed by atoms with Crippen LogP contribution in [0.1, 0.15) is 30.6 Å². The van der Waals surface area contributed by atoms with E-state index in [9.17, 15) is 4.79 Å². The Morgan fingerprint density at radius 2 is 2.25 bits per heavy atom. The SMILES string of the molecule is O=C(NCc1ccc(Cl)s1)NC1CCN2CCCCC12. The van der Waals surface area contributed by atoms with Gasteiger partial charge in [0.05, 0.1) is 10.9 Å². The van der Waals surface area contributed by atoms with E-state index in [0.717, 1.165) is 22.2 Å². The number of fused-ring (bicyclic) bond motifs is 1. The number of hydrogen-bond acceptors (Lipinski definition) is 3. The van der Waals surface area contributed by atoms with Crippen LogP contribution in [0.5, 0.6) is 0 Å². The maximum atomic E-state index is 12.0. The van der Waals surface area contributed by atoms with Gasteiger partial charge in [0.15, 0.2) is 0 Å². The molecule has 2 N–H and O–H groups in total. The lowest BCUT2D eigenvalue weighted by Gasteiger charge is -2.32. The largest absolute Gasteiger partial charge is 0.334 e. The standard InChI is InChI=1S/C14H20ClN3OS/c15-13-5-4-10(20-13)9-16-14(19)17-11-6-8-18-7-2-1-3-12(11)18/h4-5,11-12H,1-3,6-9H2,(H2,16,17,19). The summed E-state index contributed by atoms with van der Waals surface area (Å²) in [5.41, 5.74) is 0. The zero-order valence-electron chi connectivity index (χ0n) is 11.4. The molecule has 0 radical (unpaired) electrons. The van der Waals surface area contributed by atoms with Gasteiger partial charge in [-0.1, -0.05) is 18.0 Å². The summed E-state index contributed by atoms with van der Waals surface area (Å²) >= 11 is 7.38. The van der Waals surface area contributed by atoms with Crippen molar-refractivity contribution in [3.8, 4) is 0 Å². The van der Waals surface area contributed by atoms with Gasteiger partial charge in [-0.3, -0.25) is 4.90 Å². The third-order valence-corrected chi connectivity index (χ3v) is 5.46. The van der Waals surface area contributed by atoms with E-state index in [1.165, 1.54) is 37.1 Å². The Morgan fingerprint density at radius 3 is 3.05 bits per heavy atom. The van der Waals surface area contributed by atoms with Crippen LogP contribution < -0.4 is 10.6 Å². The molecule has 6 heteroatoms. The van der Waals surface area contributed by atoms with Crippen molar-refractivity contribution in [2.24, 2.45) is 0 Å². The van der Waals surface area contributed by atoms with Crippen molar-refractivity contribution in [1.82, 2.24) is 15.5 Å². The zero-order chi connectivity index (χ0) is 13.9. The van der Waals surface area contributed by atoms with Crippen LogP contribution in [0, 0.1) is 0 Å². The van der Waals surface area contributed by atoms with E-state index in [4.69, 9.17) is 11.6 Å². The first-order valence-electron chi connectivity index (χ1n) is 7.25. The second kappa shape index (κ2) is 6.33. The molecule has 3 rings (SSSR count). The molecule has 20 heavy (non-hydrogen) atoms. The maximum Gasteiger partial charge on any atom is 0.315 e. The highest BCUT2D eigenvalue weighted by atomic mass is 35.5. The number of urea groups is 1. The maximum absolute atomic E-state index is 12.0. The molecule has 0 spiro atoms. The van der Waals surface area contributed by atoms with E-state index >= 15 is 0 Å². The lowest BCUT2D eigenvalue weighted by atomic mass is 9.99. The number of rotatable bonds is 3. The van der Waals surface area contributed by atoms with E-state index in [2.05, 4.69) is 15.5 Å². The smallest absolute Gasteiger partial charge is 0.315 e. The van der Waals surface area contributed by atoms with Crippen molar-refractivity contribution in [1.29, 1.82) is 0 Å². The van der Waals surface area contributed by atoms with Gasteiger partial charge in [-0.2, -0.15) is 0 Å². The van der Waals surface area contributed by atoms with Crippen LogP contribution in [0.15, 0.2) is 12.1 Å². The summed E-state index contributed by atoms with van der Waals surface area (Å²) in [5.74, 6) is 0. The molecule has 2 aliphatic heterocycles. The fourth-order valence-corrected chi connectivity index (χ4v) is 4.28. The molecule has 110 valence electrons. The molecular formula is C14H20ClN3OS. The predicted molar refractivity (Wildman–Crippen MR) is 82.3 cm³/mol. The van der Waals surface area contributed by atoms with Crippen LogP contribution in [0.2, 0.25) is 4.34 Å². The Kier molecular flexibility index (Phi) is 4.48. The third-order valence-electron chi connectivity index (χ3n) is 4.22. The van der Waals surface area contributed by atoms with Gasteiger partial charge in [-0.05, 0) is 37.9 Å². The summed E-state index contributed by atoms with van der Waals surface area (Å²) in [6.07, 6.45) is 4.87. The Bertz CT molecular complexity index is 479. The first kappa shape index (κ1) is 14.2. The summed E-state index contributed by atoms with van der Waals surface area (Å²) in [7, 11) is 0. The lowest BCUT2D eigenvalue weighted by molar-refractivity contribution is 0.179. The Morgan fingerprint density at radius 1 is 1.35 bits per heavy atom. The molecule has 2 fully saturated rings. The van der Waals surface area contributed by atoms with Crippen molar-refractivity contribution in [3.63, 3.8) is 0 Å². The van der Waals surface area contributed by atoms with Crippen LogP contribution in [0.3, 0.4) is 0 Å². The number of piperidine rings is 1. The number of amides is 2. The van der Waals surface area contributed by atoms with Gasteiger partial charge in [0.1, 0.15) is 0 Å². The Labute approximate surface area is 128 Å². The highest BCUT2D eigenvalue weighted by molar-refractivity contribution is 7.16. The number of carbonyl (C=O) groups excluding carboxylic acids is 1. The number of carbonyl (C=O) groups is 1. The topological polar surface area (TPSA) is 44.4 Å². The number of nitrogens with zero attached hydrogens (tertiary/aromatic N) is 1. The molecule has 3 heterocycles. The highest BCUT2D eigenvalue weighted by Crippen LogP contribution is 2.27. The molecule has 1 aromatic heterocycles. The summed E-state index contributed by atoms with van der Waals surface area (Å²) in [6.45, 7) is 2.86. The second-order valence-electron chi connectivity index (χ2n) is 5.53. The summed E-state index contributed by atoms with van der Waals surface area (Å²) in [5, 5.41) is 6.05. The van der Waals surface area contributed by atoms with Crippen LogP contribution >= 0.6 is 22.9 Å². The minimum atomic E-state index is -0.0630. The van der Waals surface area contributed by atoms with Gasteiger partial charge in [0.25, 0.3) is 0 Å². The highest BCUT2D eigenvalue weighted by Gasteiger charge is 2.36. The van der Waals surface area contributed by atoms with Gasteiger partial charge >= 0.3 is 6.03 Å². The quantitative estimate of drug-likeness (QED) is 0.901. The molecule has 0 aromatic carbocycles. The number of thiophene rings is 1. The molecule has 1 aromatic rings. The zero-order valence-corrected chi connectivity index (χ0v) is 13.0. The van der Waals surface area contributed by atoms with E-state index in [1.54, 1.807) is 0 Å². The fraction of sp³-hybridized carbons (Fsp3) is 0.643. The van der Waals surface area contributed by atoms with Crippen LogP contribution in [0.4, 0.5) is 4.79 Å². The second-order valence-corrected chi connectivity index (χ2v) is 7.33. The normalized spacial score (nSPS) is 26.2. The molecule has 0 bridgehead atoms. The number of hydrogen-bond donors (Lipinski definition) is 2. The van der Waals surface area contributed by atoms with E-state index in [1.807, 2.05) is 12.1 Å². The summed E-state index contributed by atoms with van der Waals surface area (Å²) in [4.78, 5) is 15.6. The number of halogens is 1. The first-order chi connectivity index (χ1) is 9.72. The van der Waals surface area contributed by atoms with Crippen LogP contribution in [-0.2, 0) is 6.54 Å². The van der Waals surface area contributed by atoms with Crippen molar-refractivity contribution < 1.29 is 4.79 Å². The summed E-state index contributed by atoms with van der Waals surface area (Å²) < 4.78 is 0.760. The van der Waals surface area contributed by atoms with E-state index in [0.29, 0.717) is 18.6 Å². The van der Waals surface area contributed by atoms with Gasteiger partial charge < -0.3 is 10.6 Å². The molecule has 2 aliphatic rings. The van der Waals surface area contributed by atoms with Crippen molar-refractivity contribution in [2.45, 2.75) is 44.3 Å². The average molecular weight is 314 g/mol. The third kappa shape index (κ3) is 3.27. The molecule has 2 amide bonds. The van der Waals surface area contributed by atoms with Crippen molar-refractivity contribution >= 4 is 29.0 Å². The molecule has 2 saturated heterocycles. The van der Waals surface area contributed by atoms with Crippen LogP contribution in [0.25, 0.3) is 0 Å². The van der Waals surface area contributed by atoms with E-state index in [-0.39, 0.29) is 6.03 Å². The molecular weight excluding hydrogens is 294 g/mol. The monoisotopic (exact) mass is 313 g/mol. The lowest BCUT2D eigenvalue weighted by Crippen LogP contribution is -2.49.